The van der Waals surface area contributed by atoms with Gasteiger partial charge in [0.2, 0.25) is 0 Å². The Morgan fingerprint density at radius 1 is 1.07 bits per heavy atom. The summed E-state index contributed by atoms with van der Waals surface area (Å²) >= 11 is 0. The fraction of sp³-hybridized carbons (Fsp3) is 0.286. The van der Waals surface area contributed by atoms with Crippen LogP contribution in [-0.2, 0) is 11.6 Å². The largest absolute Gasteiger partial charge is 0.507 e. The van der Waals surface area contributed by atoms with E-state index in [1.165, 1.54) is 13.0 Å². The molecule has 0 aliphatic heterocycles. The topological polar surface area (TPSA) is 96.9 Å². The van der Waals surface area contributed by atoms with Crippen molar-refractivity contribution in [2.75, 3.05) is 5.32 Å². The number of nitriles is 2. The molecule has 0 unspecified atom stereocenters. The van der Waals surface area contributed by atoms with Crippen molar-refractivity contribution >= 4 is 11.6 Å². The van der Waals surface area contributed by atoms with Gasteiger partial charge in [0, 0.05) is 5.56 Å². The SMILES string of the molecule is Cc1c(C#N)cc(C(C)(C)C)c(O)c1C(=O)Nc1ccc(C#N)cc1C(F)(F)F. The maximum absolute atomic E-state index is 13.4. The summed E-state index contributed by atoms with van der Waals surface area (Å²) in [6.45, 7) is 6.73. The normalized spacial score (nSPS) is 11.5. The summed E-state index contributed by atoms with van der Waals surface area (Å²) in [7, 11) is 0. The maximum atomic E-state index is 13.4. The zero-order chi connectivity index (χ0) is 22.1. The number of benzene rings is 2. The lowest BCUT2D eigenvalue weighted by Gasteiger charge is -2.24. The maximum Gasteiger partial charge on any atom is 0.418 e. The van der Waals surface area contributed by atoms with Gasteiger partial charge in [0.05, 0.1) is 40.1 Å². The first-order chi connectivity index (χ1) is 13.3. The summed E-state index contributed by atoms with van der Waals surface area (Å²) in [5, 5.41) is 31.0. The molecule has 0 aromatic heterocycles. The molecule has 2 N–H and O–H groups in total. The number of nitrogens with zero attached hydrogens (tertiary/aromatic N) is 2. The van der Waals surface area contributed by atoms with E-state index >= 15 is 0 Å². The number of anilines is 1. The smallest absolute Gasteiger partial charge is 0.418 e. The number of carbonyl (C=O) groups excluding carboxylic acids is 1. The Morgan fingerprint density at radius 2 is 1.69 bits per heavy atom. The Morgan fingerprint density at radius 3 is 2.17 bits per heavy atom. The van der Waals surface area contributed by atoms with Crippen molar-refractivity contribution in [3.05, 3.63) is 57.6 Å². The Kier molecular flexibility index (Phi) is 5.62. The highest BCUT2D eigenvalue weighted by atomic mass is 19.4. The molecule has 0 radical (unpaired) electrons. The van der Waals surface area contributed by atoms with Crippen LogP contribution in [0.4, 0.5) is 18.9 Å². The van der Waals surface area contributed by atoms with Gasteiger partial charge in [0.1, 0.15) is 5.75 Å². The van der Waals surface area contributed by atoms with E-state index in [1.807, 2.05) is 6.07 Å². The molecule has 0 aliphatic carbocycles. The summed E-state index contributed by atoms with van der Waals surface area (Å²) in [5.74, 6) is -1.38. The molecular weight excluding hydrogens is 383 g/mol. The van der Waals surface area contributed by atoms with Crippen molar-refractivity contribution in [3.63, 3.8) is 0 Å². The Balaban J connectivity index is 2.64. The molecule has 5 nitrogen and oxygen atoms in total. The first-order valence-corrected chi connectivity index (χ1v) is 8.51. The molecule has 0 aliphatic rings. The van der Waals surface area contributed by atoms with Crippen LogP contribution in [0.2, 0.25) is 0 Å². The van der Waals surface area contributed by atoms with E-state index in [1.54, 1.807) is 26.8 Å². The van der Waals surface area contributed by atoms with Crippen LogP contribution in [0, 0.1) is 29.6 Å². The minimum Gasteiger partial charge on any atom is -0.507 e. The third-order valence-electron chi connectivity index (χ3n) is 4.42. The number of carbonyl (C=O) groups is 1. The van der Waals surface area contributed by atoms with Crippen molar-refractivity contribution in [1.29, 1.82) is 10.5 Å². The molecular formula is C21H18F3N3O2. The lowest BCUT2D eigenvalue weighted by Crippen LogP contribution is -2.20. The van der Waals surface area contributed by atoms with Crippen LogP contribution < -0.4 is 5.32 Å². The monoisotopic (exact) mass is 401 g/mol. The average Bonchev–Trinajstić information content (AvgIpc) is 2.60. The van der Waals surface area contributed by atoms with Crippen LogP contribution in [0.25, 0.3) is 0 Å². The molecule has 0 atom stereocenters. The fourth-order valence-corrected chi connectivity index (χ4v) is 2.88. The zero-order valence-electron chi connectivity index (χ0n) is 16.2. The molecule has 2 aromatic carbocycles. The van der Waals surface area contributed by atoms with Crippen molar-refractivity contribution in [3.8, 4) is 17.9 Å². The molecule has 1 amide bonds. The van der Waals surface area contributed by atoms with E-state index in [9.17, 15) is 28.3 Å². The predicted octanol–water partition coefficient (Wildman–Crippen LogP) is 5.01. The van der Waals surface area contributed by atoms with E-state index in [-0.39, 0.29) is 22.3 Å². The first kappa shape index (κ1) is 21.8. The van der Waals surface area contributed by atoms with Gasteiger partial charge in [-0.2, -0.15) is 23.7 Å². The van der Waals surface area contributed by atoms with Crippen molar-refractivity contribution < 1.29 is 23.1 Å². The fourth-order valence-electron chi connectivity index (χ4n) is 2.88. The van der Waals surface area contributed by atoms with Gasteiger partial charge in [0.15, 0.2) is 0 Å². The number of aromatic hydroxyl groups is 1. The van der Waals surface area contributed by atoms with E-state index in [0.29, 0.717) is 11.6 Å². The minimum absolute atomic E-state index is 0.133. The predicted molar refractivity (Wildman–Crippen MR) is 100 cm³/mol. The molecule has 8 heteroatoms. The molecule has 0 saturated heterocycles. The molecule has 29 heavy (non-hydrogen) atoms. The third-order valence-corrected chi connectivity index (χ3v) is 4.42. The molecule has 2 rings (SSSR count). The number of hydrogen-bond acceptors (Lipinski definition) is 4. The van der Waals surface area contributed by atoms with Gasteiger partial charge in [-0.25, -0.2) is 0 Å². The lowest BCUT2D eigenvalue weighted by molar-refractivity contribution is -0.136. The number of phenols is 1. The summed E-state index contributed by atoms with van der Waals surface area (Å²) in [5.41, 5.74) is -2.24. The number of hydrogen-bond donors (Lipinski definition) is 2. The average molecular weight is 401 g/mol. The van der Waals surface area contributed by atoms with E-state index in [2.05, 4.69) is 5.32 Å². The van der Waals surface area contributed by atoms with Gasteiger partial charge in [-0.05, 0) is 42.2 Å². The Hall–Kier alpha value is -3.52. The summed E-state index contributed by atoms with van der Waals surface area (Å²) in [6.07, 6.45) is -4.81. The molecule has 0 fully saturated rings. The van der Waals surface area contributed by atoms with Gasteiger partial charge in [-0.1, -0.05) is 20.8 Å². The van der Waals surface area contributed by atoms with Crippen LogP contribution in [-0.4, -0.2) is 11.0 Å². The third kappa shape index (κ3) is 4.33. The Bertz CT molecular complexity index is 1070. The quantitative estimate of drug-likeness (QED) is 0.739. The van der Waals surface area contributed by atoms with E-state index in [4.69, 9.17) is 5.26 Å². The second kappa shape index (κ2) is 7.48. The highest BCUT2D eigenvalue weighted by Gasteiger charge is 2.35. The molecule has 150 valence electrons. The van der Waals surface area contributed by atoms with E-state index < -0.39 is 34.5 Å². The van der Waals surface area contributed by atoms with Crippen molar-refractivity contribution in [1.82, 2.24) is 0 Å². The summed E-state index contributed by atoms with van der Waals surface area (Å²) < 4.78 is 40.1. The number of rotatable bonds is 2. The minimum atomic E-state index is -4.81. The molecule has 0 bridgehead atoms. The number of halogens is 3. The van der Waals surface area contributed by atoms with Crippen LogP contribution in [0.1, 0.15) is 58.9 Å². The molecule has 0 heterocycles. The number of alkyl halides is 3. The number of nitrogens with one attached hydrogen (secondary N) is 1. The van der Waals surface area contributed by atoms with Gasteiger partial charge < -0.3 is 10.4 Å². The van der Waals surface area contributed by atoms with Crippen molar-refractivity contribution in [2.24, 2.45) is 0 Å². The van der Waals surface area contributed by atoms with Crippen LogP contribution in [0.5, 0.6) is 5.75 Å². The highest BCUT2D eigenvalue weighted by Crippen LogP contribution is 2.39. The van der Waals surface area contributed by atoms with Crippen LogP contribution >= 0.6 is 0 Å². The molecule has 2 aromatic rings. The Labute approximate surface area is 166 Å². The number of amides is 1. The molecule has 0 spiro atoms. The lowest BCUT2D eigenvalue weighted by atomic mass is 9.82. The van der Waals surface area contributed by atoms with Crippen molar-refractivity contribution in [2.45, 2.75) is 39.3 Å². The highest BCUT2D eigenvalue weighted by molar-refractivity contribution is 6.08. The summed E-state index contributed by atoms with van der Waals surface area (Å²) in [4.78, 5) is 12.8. The second-order valence-electron chi connectivity index (χ2n) is 7.51. The zero-order valence-corrected chi connectivity index (χ0v) is 16.2. The standard InChI is InChI=1S/C21H18F3N3O2/c1-11-13(10-26)8-15(20(2,3)4)18(28)17(11)19(29)27-16-6-5-12(9-25)7-14(16)21(22,23)24/h5-8,28H,1-4H3,(H,27,29). The number of phenolic OH excluding ortho intramolecular Hbond substituents is 1. The van der Waals surface area contributed by atoms with Gasteiger partial charge >= 0.3 is 6.18 Å². The van der Waals surface area contributed by atoms with Gasteiger partial charge in [0.25, 0.3) is 5.91 Å². The van der Waals surface area contributed by atoms with Gasteiger partial charge in [-0.15, -0.1) is 0 Å². The van der Waals surface area contributed by atoms with Gasteiger partial charge in [-0.3, -0.25) is 4.79 Å². The first-order valence-electron chi connectivity index (χ1n) is 8.51. The van der Waals surface area contributed by atoms with Crippen LogP contribution in [0.3, 0.4) is 0 Å². The van der Waals surface area contributed by atoms with E-state index in [0.717, 1.165) is 12.1 Å². The summed E-state index contributed by atoms with van der Waals surface area (Å²) in [6, 6.07) is 7.77. The molecule has 0 saturated carbocycles. The van der Waals surface area contributed by atoms with Crippen LogP contribution in [0.15, 0.2) is 24.3 Å². The second-order valence-corrected chi connectivity index (χ2v) is 7.51.